The van der Waals surface area contributed by atoms with Crippen LogP contribution in [0.4, 0.5) is 0 Å². The fraction of sp³-hybridized carbons (Fsp3) is 0.200. The standard InChI is InChI=1S/C15H22O4Si4/c1-21-16-20-17-23(19-22(2,3)18-21,14-10-6-4-7-11-14)15-12-8-5-9-13-15/h4-13,21H,20H2,1-3H3. The van der Waals surface area contributed by atoms with Gasteiger partial charge < -0.3 is 16.5 Å². The highest BCUT2D eigenvalue weighted by Crippen LogP contribution is 2.20. The van der Waals surface area contributed by atoms with Crippen molar-refractivity contribution >= 4 is 46.8 Å². The van der Waals surface area contributed by atoms with E-state index in [1.165, 1.54) is 0 Å². The van der Waals surface area contributed by atoms with Crippen LogP contribution in [0.2, 0.25) is 19.6 Å². The molecule has 0 spiro atoms. The smallest absolute Gasteiger partial charge is 0.389 e. The lowest BCUT2D eigenvalue weighted by Crippen LogP contribution is -2.69. The van der Waals surface area contributed by atoms with E-state index in [9.17, 15) is 0 Å². The first-order valence-corrected chi connectivity index (χ1v) is 15.6. The molecule has 1 atom stereocenters. The molecule has 1 fully saturated rings. The second-order valence-corrected chi connectivity index (χ2v) is 16.8. The maximum Gasteiger partial charge on any atom is 0.389 e. The normalized spacial score (nSPS) is 24.7. The molecule has 8 heteroatoms. The van der Waals surface area contributed by atoms with Crippen molar-refractivity contribution in [1.82, 2.24) is 0 Å². The van der Waals surface area contributed by atoms with Gasteiger partial charge in [0.05, 0.1) is 0 Å². The quantitative estimate of drug-likeness (QED) is 0.727. The van der Waals surface area contributed by atoms with Gasteiger partial charge in [0.1, 0.15) is 0 Å². The number of rotatable bonds is 2. The Morgan fingerprint density at radius 2 is 1.39 bits per heavy atom. The van der Waals surface area contributed by atoms with Crippen LogP contribution in [0.15, 0.2) is 60.7 Å². The molecule has 2 aromatic rings. The van der Waals surface area contributed by atoms with Crippen LogP contribution in [0, 0.1) is 0 Å². The van der Waals surface area contributed by atoms with E-state index >= 15 is 0 Å². The summed E-state index contributed by atoms with van der Waals surface area (Å²) in [6, 6.07) is 20.6. The largest absolute Gasteiger partial charge is 0.423 e. The lowest BCUT2D eigenvalue weighted by molar-refractivity contribution is 0.283. The van der Waals surface area contributed by atoms with E-state index in [0.29, 0.717) is 0 Å². The Hall–Kier alpha value is -0.852. The zero-order valence-electron chi connectivity index (χ0n) is 13.7. The third-order valence-electron chi connectivity index (χ3n) is 3.71. The zero-order valence-corrected chi connectivity index (χ0v) is 18.3. The highest BCUT2D eigenvalue weighted by Gasteiger charge is 2.49. The van der Waals surface area contributed by atoms with Crippen LogP contribution in [-0.2, 0) is 16.5 Å². The lowest BCUT2D eigenvalue weighted by Gasteiger charge is -2.41. The van der Waals surface area contributed by atoms with Crippen LogP contribution in [0.3, 0.4) is 0 Å². The Morgan fingerprint density at radius 1 is 0.870 bits per heavy atom. The molecule has 0 bridgehead atoms. The van der Waals surface area contributed by atoms with Crippen molar-refractivity contribution in [2.45, 2.75) is 19.6 Å². The summed E-state index contributed by atoms with van der Waals surface area (Å²) in [4.78, 5) is 0. The topological polar surface area (TPSA) is 36.9 Å². The first-order chi connectivity index (χ1) is 11.0. The van der Waals surface area contributed by atoms with Gasteiger partial charge in [-0.15, -0.1) is 0 Å². The Morgan fingerprint density at radius 3 is 1.91 bits per heavy atom. The zero-order chi connectivity index (χ0) is 16.3. The molecular formula is C15H22O4Si4. The Labute approximate surface area is 143 Å². The molecule has 122 valence electrons. The molecule has 1 saturated heterocycles. The van der Waals surface area contributed by atoms with Gasteiger partial charge in [0.25, 0.3) is 19.3 Å². The summed E-state index contributed by atoms with van der Waals surface area (Å²) < 4.78 is 25.3. The molecule has 1 aliphatic rings. The molecule has 23 heavy (non-hydrogen) atoms. The first-order valence-electron chi connectivity index (χ1n) is 7.76. The summed E-state index contributed by atoms with van der Waals surface area (Å²) in [6.45, 7) is 6.22. The van der Waals surface area contributed by atoms with Crippen LogP contribution >= 0.6 is 0 Å². The van der Waals surface area contributed by atoms with Crippen LogP contribution < -0.4 is 10.4 Å². The summed E-state index contributed by atoms with van der Waals surface area (Å²) in [5.41, 5.74) is 0. The van der Waals surface area contributed by atoms with Gasteiger partial charge in [-0.25, -0.2) is 0 Å². The van der Waals surface area contributed by atoms with E-state index in [1.54, 1.807) is 0 Å². The van der Waals surface area contributed by atoms with Crippen LogP contribution in [0.1, 0.15) is 0 Å². The highest BCUT2D eigenvalue weighted by molar-refractivity contribution is 7.00. The van der Waals surface area contributed by atoms with Crippen molar-refractivity contribution in [1.29, 1.82) is 0 Å². The molecule has 0 aromatic heterocycles. The minimum absolute atomic E-state index is 1.11. The fourth-order valence-corrected chi connectivity index (χ4v) is 17.2. The SMILES string of the molecule is C[SiH]1O[SiH2]O[Si](c2ccccc2)(c2ccccc2)O[Si](C)(C)O1. The molecule has 1 unspecified atom stereocenters. The second-order valence-electron chi connectivity index (χ2n) is 5.96. The van der Waals surface area contributed by atoms with Gasteiger partial charge in [0.2, 0.25) is 0 Å². The maximum absolute atomic E-state index is 6.73. The highest BCUT2D eigenvalue weighted by atomic mass is 28.5. The van der Waals surface area contributed by atoms with E-state index in [1.807, 2.05) is 42.9 Å². The third-order valence-corrected chi connectivity index (χ3v) is 17.1. The number of benzene rings is 2. The molecule has 0 radical (unpaired) electrons. The van der Waals surface area contributed by atoms with Gasteiger partial charge in [-0.1, -0.05) is 60.7 Å². The molecule has 0 saturated carbocycles. The van der Waals surface area contributed by atoms with E-state index in [0.717, 1.165) is 10.4 Å². The first kappa shape index (κ1) is 17.0. The predicted octanol–water partition coefficient (Wildman–Crippen LogP) is 0.874. The van der Waals surface area contributed by atoms with Crippen molar-refractivity contribution in [3.8, 4) is 0 Å². The van der Waals surface area contributed by atoms with E-state index in [2.05, 4.69) is 37.4 Å². The summed E-state index contributed by atoms with van der Waals surface area (Å²) in [7, 11) is -7.91. The fourth-order valence-electron chi connectivity index (χ4n) is 2.81. The van der Waals surface area contributed by atoms with Crippen molar-refractivity contribution in [2.24, 2.45) is 0 Å². The third kappa shape index (κ3) is 3.80. The Balaban J connectivity index is 2.11. The molecule has 2 aromatic carbocycles. The molecule has 3 rings (SSSR count). The van der Waals surface area contributed by atoms with Crippen molar-refractivity contribution in [2.75, 3.05) is 0 Å². The average Bonchev–Trinajstić information content (AvgIpc) is 2.53. The van der Waals surface area contributed by atoms with E-state index < -0.39 is 36.4 Å². The summed E-state index contributed by atoms with van der Waals surface area (Å²) in [6.07, 6.45) is 0. The number of hydrogen-bond donors (Lipinski definition) is 0. The molecule has 1 aliphatic heterocycles. The molecule has 0 aliphatic carbocycles. The van der Waals surface area contributed by atoms with Crippen molar-refractivity contribution in [3.63, 3.8) is 0 Å². The van der Waals surface area contributed by atoms with E-state index in [-0.39, 0.29) is 0 Å². The summed E-state index contributed by atoms with van der Waals surface area (Å²) in [5, 5.41) is 2.23. The molecule has 0 amide bonds. The van der Waals surface area contributed by atoms with Gasteiger partial charge >= 0.3 is 17.1 Å². The summed E-state index contributed by atoms with van der Waals surface area (Å²) >= 11 is 0. The van der Waals surface area contributed by atoms with Gasteiger partial charge in [-0.2, -0.15) is 0 Å². The van der Waals surface area contributed by atoms with E-state index in [4.69, 9.17) is 16.5 Å². The van der Waals surface area contributed by atoms with Crippen LogP contribution in [-0.4, -0.2) is 36.4 Å². The van der Waals surface area contributed by atoms with Gasteiger partial charge in [0.15, 0.2) is 0 Å². The van der Waals surface area contributed by atoms with Crippen molar-refractivity contribution < 1.29 is 16.5 Å². The minimum atomic E-state index is -2.79. The van der Waals surface area contributed by atoms with Gasteiger partial charge in [-0.05, 0) is 30.0 Å². The van der Waals surface area contributed by atoms with Crippen LogP contribution in [0.5, 0.6) is 0 Å². The van der Waals surface area contributed by atoms with Crippen molar-refractivity contribution in [3.05, 3.63) is 60.7 Å². The molecule has 0 N–H and O–H groups in total. The van der Waals surface area contributed by atoms with Gasteiger partial charge in [0, 0.05) is 0 Å². The summed E-state index contributed by atoms with van der Waals surface area (Å²) in [5.74, 6) is 0. The maximum atomic E-state index is 6.73. The lowest BCUT2D eigenvalue weighted by atomic mass is 10.4. The van der Waals surface area contributed by atoms with Gasteiger partial charge in [-0.3, -0.25) is 0 Å². The molecule has 1 heterocycles. The minimum Gasteiger partial charge on any atom is -0.423 e. The Bertz CT molecular complexity index is 599. The predicted molar refractivity (Wildman–Crippen MR) is 101 cm³/mol. The monoisotopic (exact) mass is 378 g/mol. The second kappa shape index (κ2) is 6.95. The molecular weight excluding hydrogens is 357 g/mol. The van der Waals surface area contributed by atoms with Crippen LogP contribution in [0.25, 0.3) is 0 Å². The number of hydrogen-bond acceptors (Lipinski definition) is 4. The average molecular weight is 379 g/mol. The molecule has 4 nitrogen and oxygen atoms in total. The Kier molecular flexibility index (Phi) is 5.13.